The van der Waals surface area contributed by atoms with E-state index in [1.165, 1.54) is 12.8 Å². The number of likely N-dealkylation sites (tertiary alicyclic amines) is 1. The quantitative estimate of drug-likeness (QED) is 0.488. The Morgan fingerprint density at radius 3 is 2.58 bits per heavy atom. The standard InChI is InChI=1S/C29H33ClN6O2/c1-21-28(20-32-36(21)27-6-3-24(30)4-7-27)29(37)33-25-5-2-22(23(18-25)19-31)8-11-34-12-9-26(10-13-34)35-14-16-38-17-15-35/h2-7,18,20,26H,8-17H2,1H3,(H,33,37). The smallest absolute Gasteiger partial charge is 0.259 e. The van der Waals surface area contributed by atoms with E-state index in [0.717, 1.165) is 69.3 Å². The number of carbonyl (C=O) groups excluding carboxylic acids is 1. The van der Waals surface area contributed by atoms with E-state index in [-0.39, 0.29) is 5.91 Å². The molecular formula is C29H33ClN6O2. The highest BCUT2D eigenvalue weighted by Crippen LogP contribution is 2.22. The van der Waals surface area contributed by atoms with E-state index in [4.69, 9.17) is 16.3 Å². The number of nitrogens with one attached hydrogen (secondary N) is 1. The number of morpholine rings is 1. The lowest BCUT2D eigenvalue weighted by atomic mass is 10.0. The Labute approximate surface area is 228 Å². The Balaban J connectivity index is 1.17. The molecule has 9 heteroatoms. The summed E-state index contributed by atoms with van der Waals surface area (Å²) in [5.41, 5.74) is 4.22. The summed E-state index contributed by atoms with van der Waals surface area (Å²) in [6.45, 7) is 8.73. The average Bonchev–Trinajstić information content (AvgIpc) is 3.34. The number of benzene rings is 2. The van der Waals surface area contributed by atoms with Crippen LogP contribution in [0.4, 0.5) is 5.69 Å². The van der Waals surface area contributed by atoms with Gasteiger partial charge in [0.15, 0.2) is 0 Å². The molecule has 1 amide bonds. The van der Waals surface area contributed by atoms with Gasteiger partial charge in [0.1, 0.15) is 0 Å². The summed E-state index contributed by atoms with van der Waals surface area (Å²) in [5, 5.41) is 17.7. The van der Waals surface area contributed by atoms with Crippen LogP contribution in [0.5, 0.6) is 0 Å². The van der Waals surface area contributed by atoms with Crippen molar-refractivity contribution in [2.24, 2.45) is 0 Å². The van der Waals surface area contributed by atoms with Crippen LogP contribution in [-0.2, 0) is 11.2 Å². The first-order chi connectivity index (χ1) is 18.5. The Morgan fingerprint density at radius 2 is 1.87 bits per heavy atom. The molecule has 1 aromatic heterocycles. The zero-order chi connectivity index (χ0) is 26.5. The minimum Gasteiger partial charge on any atom is -0.379 e. The monoisotopic (exact) mass is 532 g/mol. The van der Waals surface area contributed by atoms with Gasteiger partial charge in [-0.2, -0.15) is 10.4 Å². The summed E-state index contributed by atoms with van der Waals surface area (Å²) >= 11 is 5.99. The molecule has 2 aliphatic heterocycles. The molecule has 2 aliphatic rings. The Kier molecular flexibility index (Phi) is 8.40. The number of hydrogen-bond acceptors (Lipinski definition) is 6. The van der Waals surface area contributed by atoms with Crippen LogP contribution in [0.3, 0.4) is 0 Å². The lowest BCUT2D eigenvalue weighted by Gasteiger charge is -2.40. The van der Waals surface area contributed by atoms with Crippen LogP contribution < -0.4 is 5.32 Å². The fourth-order valence-corrected chi connectivity index (χ4v) is 5.51. The molecule has 2 fully saturated rings. The van der Waals surface area contributed by atoms with E-state index in [1.807, 2.05) is 31.2 Å². The zero-order valence-electron chi connectivity index (χ0n) is 21.7. The van der Waals surface area contributed by atoms with E-state index in [1.54, 1.807) is 29.1 Å². The molecule has 0 radical (unpaired) electrons. The van der Waals surface area contributed by atoms with Crippen molar-refractivity contribution in [2.45, 2.75) is 32.2 Å². The predicted octanol–water partition coefficient (Wildman–Crippen LogP) is 4.30. The van der Waals surface area contributed by atoms with Crippen LogP contribution in [0.15, 0.2) is 48.7 Å². The molecule has 0 saturated carbocycles. The maximum Gasteiger partial charge on any atom is 0.259 e. The lowest BCUT2D eigenvalue weighted by Crippen LogP contribution is -2.49. The van der Waals surface area contributed by atoms with Crippen LogP contribution in [0, 0.1) is 18.3 Å². The lowest BCUT2D eigenvalue weighted by molar-refractivity contribution is 0.00101. The van der Waals surface area contributed by atoms with Crippen molar-refractivity contribution in [1.29, 1.82) is 5.26 Å². The molecule has 3 heterocycles. The number of ether oxygens (including phenoxy) is 1. The molecule has 3 aromatic rings. The number of halogens is 1. The van der Waals surface area contributed by atoms with Crippen LogP contribution in [-0.4, -0.2) is 77.5 Å². The molecule has 0 aliphatic carbocycles. The number of piperidine rings is 1. The minimum atomic E-state index is -0.262. The van der Waals surface area contributed by atoms with Crippen molar-refractivity contribution in [3.63, 3.8) is 0 Å². The summed E-state index contributed by atoms with van der Waals surface area (Å²) in [5.74, 6) is -0.262. The molecule has 1 N–H and O–H groups in total. The van der Waals surface area contributed by atoms with Crippen LogP contribution in [0.1, 0.15) is 40.0 Å². The Hall–Kier alpha value is -3.22. The highest BCUT2D eigenvalue weighted by molar-refractivity contribution is 6.30. The summed E-state index contributed by atoms with van der Waals surface area (Å²) in [6.07, 6.45) is 4.74. The average molecular weight is 533 g/mol. The van der Waals surface area contributed by atoms with Crippen molar-refractivity contribution < 1.29 is 9.53 Å². The van der Waals surface area contributed by atoms with Crippen LogP contribution >= 0.6 is 11.6 Å². The molecule has 8 nitrogen and oxygen atoms in total. The van der Waals surface area contributed by atoms with Crippen LogP contribution in [0.25, 0.3) is 5.69 Å². The van der Waals surface area contributed by atoms with Gasteiger partial charge in [-0.3, -0.25) is 9.69 Å². The van der Waals surface area contributed by atoms with Crippen molar-refractivity contribution >= 4 is 23.2 Å². The van der Waals surface area contributed by atoms with Crippen molar-refractivity contribution in [3.8, 4) is 11.8 Å². The van der Waals surface area contributed by atoms with Gasteiger partial charge in [0, 0.05) is 36.4 Å². The van der Waals surface area contributed by atoms with Gasteiger partial charge >= 0.3 is 0 Å². The van der Waals surface area contributed by atoms with Crippen molar-refractivity contribution in [3.05, 3.63) is 76.1 Å². The third-order valence-electron chi connectivity index (χ3n) is 7.63. The molecule has 198 valence electrons. The molecule has 0 spiro atoms. The maximum atomic E-state index is 13.0. The second-order valence-corrected chi connectivity index (χ2v) is 10.4. The molecule has 0 unspecified atom stereocenters. The highest BCUT2D eigenvalue weighted by atomic mass is 35.5. The van der Waals surface area contributed by atoms with Crippen molar-refractivity contribution in [1.82, 2.24) is 19.6 Å². The van der Waals surface area contributed by atoms with E-state index in [2.05, 4.69) is 26.3 Å². The van der Waals surface area contributed by atoms with Gasteiger partial charge in [0.05, 0.1) is 48.0 Å². The molecule has 2 aromatic carbocycles. The topological polar surface area (TPSA) is 86.4 Å². The van der Waals surface area contributed by atoms with Gasteiger partial charge in [-0.05, 0) is 81.2 Å². The highest BCUT2D eigenvalue weighted by Gasteiger charge is 2.25. The number of hydrogen-bond donors (Lipinski definition) is 1. The zero-order valence-corrected chi connectivity index (χ0v) is 22.5. The van der Waals surface area contributed by atoms with Gasteiger partial charge in [-0.25, -0.2) is 4.68 Å². The van der Waals surface area contributed by atoms with Gasteiger partial charge in [-0.1, -0.05) is 17.7 Å². The number of rotatable bonds is 7. The van der Waals surface area contributed by atoms with E-state index >= 15 is 0 Å². The molecule has 0 bridgehead atoms. The summed E-state index contributed by atoms with van der Waals surface area (Å²) in [4.78, 5) is 18.1. The molecule has 2 saturated heterocycles. The first-order valence-corrected chi connectivity index (χ1v) is 13.6. The van der Waals surface area contributed by atoms with Crippen LogP contribution in [0.2, 0.25) is 5.02 Å². The summed E-state index contributed by atoms with van der Waals surface area (Å²) in [7, 11) is 0. The normalized spacial score (nSPS) is 17.3. The van der Waals surface area contributed by atoms with Crippen molar-refractivity contribution in [2.75, 3.05) is 51.3 Å². The number of carbonyl (C=O) groups is 1. The number of nitrogens with zero attached hydrogens (tertiary/aromatic N) is 5. The first kappa shape index (κ1) is 26.4. The molecule has 5 rings (SSSR count). The van der Waals surface area contributed by atoms with E-state index in [9.17, 15) is 10.1 Å². The fraction of sp³-hybridized carbons (Fsp3) is 0.414. The number of amides is 1. The molecule has 38 heavy (non-hydrogen) atoms. The first-order valence-electron chi connectivity index (χ1n) is 13.2. The fourth-order valence-electron chi connectivity index (χ4n) is 5.38. The number of nitriles is 1. The third-order valence-corrected chi connectivity index (χ3v) is 7.88. The van der Waals surface area contributed by atoms with E-state index in [0.29, 0.717) is 27.9 Å². The second-order valence-electron chi connectivity index (χ2n) is 9.94. The molecule has 0 atom stereocenters. The summed E-state index contributed by atoms with van der Waals surface area (Å²) < 4.78 is 7.20. The van der Waals surface area contributed by atoms with Gasteiger partial charge in [-0.15, -0.1) is 0 Å². The van der Waals surface area contributed by atoms with E-state index < -0.39 is 0 Å². The van der Waals surface area contributed by atoms with Gasteiger partial charge in [0.25, 0.3) is 5.91 Å². The number of anilines is 1. The summed E-state index contributed by atoms with van der Waals surface area (Å²) in [6, 6.07) is 15.9. The van der Waals surface area contributed by atoms with Gasteiger partial charge < -0.3 is 15.0 Å². The number of aromatic nitrogens is 2. The van der Waals surface area contributed by atoms with Gasteiger partial charge in [0.2, 0.25) is 0 Å². The minimum absolute atomic E-state index is 0.262. The third kappa shape index (κ3) is 6.08. The Bertz CT molecular complexity index is 1300. The Morgan fingerprint density at radius 1 is 1.13 bits per heavy atom. The largest absolute Gasteiger partial charge is 0.379 e. The predicted molar refractivity (Wildman–Crippen MR) is 148 cm³/mol. The SMILES string of the molecule is Cc1c(C(=O)Nc2ccc(CCN3CCC(N4CCOCC4)CC3)c(C#N)c2)cnn1-c1ccc(Cl)cc1. The molecular weight excluding hydrogens is 500 g/mol. The maximum absolute atomic E-state index is 13.0. The second kappa shape index (κ2) is 12.1.